The number of methoxy groups -OCH3 is 1. The second-order valence-electron chi connectivity index (χ2n) is 8.84. The Morgan fingerprint density at radius 2 is 2.08 bits per heavy atom. The highest BCUT2D eigenvalue weighted by Gasteiger charge is 2.57. The molecule has 4 rings (SSSR count). The van der Waals surface area contributed by atoms with Crippen molar-refractivity contribution in [2.45, 2.75) is 44.0 Å². The van der Waals surface area contributed by atoms with Gasteiger partial charge in [-0.05, 0) is 26.0 Å². The van der Waals surface area contributed by atoms with E-state index in [0.29, 0.717) is 17.2 Å². The normalized spacial score (nSPS) is 25.3. The molecule has 3 aromatic rings. The van der Waals surface area contributed by atoms with Crippen molar-refractivity contribution in [1.29, 1.82) is 0 Å². The molecule has 1 saturated heterocycles. The van der Waals surface area contributed by atoms with E-state index in [1.165, 1.54) is 37.1 Å². The number of aryl methyl sites for hydroxylation is 1. The highest BCUT2D eigenvalue weighted by molar-refractivity contribution is 7.52. The van der Waals surface area contributed by atoms with Crippen LogP contribution in [0.5, 0.6) is 5.75 Å². The van der Waals surface area contributed by atoms with Crippen LogP contribution in [0.3, 0.4) is 0 Å². The number of nitrogens with one attached hydrogen (secondary N) is 2. The molecule has 1 aliphatic heterocycles. The van der Waals surface area contributed by atoms with Crippen LogP contribution in [0, 0.1) is 6.92 Å². The number of carbonyl (C=O) groups excluding carboxylic acids is 1. The predicted octanol–water partition coefficient (Wildman–Crippen LogP) is 2.74. The van der Waals surface area contributed by atoms with Gasteiger partial charge in [-0.25, -0.2) is 23.9 Å². The van der Waals surface area contributed by atoms with Gasteiger partial charge in [-0.1, -0.05) is 18.2 Å². The maximum Gasteiger partial charge on any atom is 0.459 e. The Labute approximate surface area is 228 Å². The van der Waals surface area contributed by atoms with E-state index in [2.05, 4.69) is 30.1 Å². The predicted molar refractivity (Wildman–Crippen MR) is 139 cm³/mol. The van der Waals surface area contributed by atoms with Gasteiger partial charge in [0.25, 0.3) is 0 Å². The summed E-state index contributed by atoms with van der Waals surface area (Å²) in [5.41, 5.74) is -1.22. The van der Waals surface area contributed by atoms with E-state index in [1.54, 1.807) is 32.2 Å². The topological polar surface area (TPSA) is 159 Å². The fourth-order valence-corrected chi connectivity index (χ4v) is 5.90. The van der Waals surface area contributed by atoms with E-state index in [9.17, 15) is 14.5 Å². The Balaban J connectivity index is 1.62. The summed E-state index contributed by atoms with van der Waals surface area (Å²) < 4.78 is 52.5. The maximum absolute atomic E-state index is 15.6. The zero-order chi connectivity index (χ0) is 28.4. The van der Waals surface area contributed by atoms with Gasteiger partial charge < -0.3 is 24.4 Å². The molecule has 0 aliphatic carbocycles. The number of anilines is 1. The molecule has 39 heavy (non-hydrogen) atoms. The summed E-state index contributed by atoms with van der Waals surface area (Å²) in [7, 11) is -1.50. The van der Waals surface area contributed by atoms with Crippen LogP contribution < -0.4 is 14.9 Å². The van der Waals surface area contributed by atoms with Gasteiger partial charge in [-0.15, -0.1) is 11.6 Å². The lowest BCUT2D eigenvalue weighted by Gasteiger charge is -2.31. The third-order valence-corrected chi connectivity index (χ3v) is 8.17. The molecule has 0 amide bonds. The van der Waals surface area contributed by atoms with Crippen molar-refractivity contribution >= 4 is 42.3 Å². The molecule has 0 radical (unpaired) electrons. The van der Waals surface area contributed by atoms with Crippen molar-refractivity contribution in [3.05, 3.63) is 42.5 Å². The number of carbonyl (C=O) groups is 1. The SMILES string of the molecule is CNc1nc(C)nc2c1ncn2[C@@H]1O[C@](CCl)(COP(=O)(N[C@@H](C)C(=O)OC)Oc2ccccc2)[C@@H](O)[C@H]1F. The number of hydrogen-bond acceptors (Lipinski definition) is 11. The van der Waals surface area contributed by atoms with E-state index in [4.69, 9.17) is 25.4 Å². The summed E-state index contributed by atoms with van der Waals surface area (Å²) in [6.07, 6.45) is -3.87. The molecular weight excluding hydrogens is 558 g/mol. The molecule has 6 atom stereocenters. The molecule has 2 aromatic heterocycles. The minimum Gasteiger partial charge on any atom is -0.468 e. The number of nitrogens with zero attached hydrogens (tertiary/aromatic N) is 4. The molecule has 1 aliphatic rings. The van der Waals surface area contributed by atoms with Crippen molar-refractivity contribution in [2.24, 2.45) is 0 Å². The molecule has 1 aromatic carbocycles. The van der Waals surface area contributed by atoms with Gasteiger partial charge in [0.05, 0.1) is 25.9 Å². The molecule has 212 valence electrons. The van der Waals surface area contributed by atoms with Gasteiger partial charge in [0.1, 0.15) is 29.3 Å². The Hall–Kier alpha value is -2.87. The molecular formula is C23H29ClFN6O7P. The number of aromatic nitrogens is 4. The number of aliphatic hydroxyl groups excluding tert-OH is 1. The number of hydrogen-bond donors (Lipinski definition) is 3. The highest BCUT2D eigenvalue weighted by Crippen LogP contribution is 2.48. The number of halogens is 2. The molecule has 16 heteroatoms. The number of aliphatic hydroxyl groups is 1. The van der Waals surface area contributed by atoms with Crippen molar-refractivity contribution in [1.82, 2.24) is 24.6 Å². The molecule has 1 fully saturated rings. The summed E-state index contributed by atoms with van der Waals surface area (Å²) in [5, 5.41) is 16.3. The lowest BCUT2D eigenvalue weighted by molar-refractivity contribution is -0.142. The molecule has 13 nitrogen and oxygen atoms in total. The van der Waals surface area contributed by atoms with Crippen LogP contribution in [0.25, 0.3) is 11.2 Å². The monoisotopic (exact) mass is 586 g/mol. The smallest absolute Gasteiger partial charge is 0.459 e. The first-order valence-corrected chi connectivity index (χ1v) is 13.9. The average molecular weight is 587 g/mol. The van der Waals surface area contributed by atoms with Crippen LogP contribution in [0.15, 0.2) is 36.7 Å². The summed E-state index contributed by atoms with van der Waals surface area (Å²) in [5.74, 6) is -0.166. The Bertz CT molecular complexity index is 1370. The minimum absolute atomic E-state index is 0.166. The van der Waals surface area contributed by atoms with Gasteiger partial charge in [-0.2, -0.15) is 5.09 Å². The van der Waals surface area contributed by atoms with E-state index >= 15 is 4.39 Å². The minimum atomic E-state index is -4.33. The first-order valence-electron chi connectivity index (χ1n) is 11.9. The van der Waals surface area contributed by atoms with Gasteiger partial charge in [0.2, 0.25) is 0 Å². The number of esters is 1. The second-order valence-corrected chi connectivity index (χ2v) is 10.8. The molecule has 1 unspecified atom stereocenters. The van der Waals surface area contributed by atoms with Crippen LogP contribution in [0.1, 0.15) is 19.0 Å². The Kier molecular flexibility index (Phi) is 8.74. The number of imidazole rings is 1. The van der Waals surface area contributed by atoms with E-state index in [1.807, 2.05) is 0 Å². The zero-order valence-electron chi connectivity index (χ0n) is 21.6. The largest absolute Gasteiger partial charge is 0.468 e. The number of benzene rings is 1. The van der Waals surface area contributed by atoms with Crippen molar-refractivity contribution in [3.8, 4) is 5.75 Å². The van der Waals surface area contributed by atoms with E-state index < -0.39 is 56.3 Å². The summed E-state index contributed by atoms with van der Waals surface area (Å²) in [4.78, 5) is 24.9. The number of ether oxygens (including phenoxy) is 2. The summed E-state index contributed by atoms with van der Waals surface area (Å²) >= 11 is 6.19. The van der Waals surface area contributed by atoms with Gasteiger partial charge >= 0.3 is 13.7 Å². The first-order chi connectivity index (χ1) is 18.6. The number of rotatable bonds is 11. The van der Waals surface area contributed by atoms with Crippen LogP contribution >= 0.6 is 19.3 Å². The number of para-hydroxylation sites is 1. The number of alkyl halides is 2. The average Bonchev–Trinajstić information content (AvgIpc) is 3.45. The van der Waals surface area contributed by atoms with Gasteiger partial charge in [0.15, 0.2) is 29.4 Å². The van der Waals surface area contributed by atoms with Crippen molar-refractivity contribution < 1.29 is 37.4 Å². The quantitative estimate of drug-likeness (QED) is 0.172. The van der Waals surface area contributed by atoms with Crippen LogP contribution in [-0.2, 0) is 23.4 Å². The van der Waals surface area contributed by atoms with Gasteiger partial charge in [-0.3, -0.25) is 13.9 Å². The Morgan fingerprint density at radius 1 is 1.36 bits per heavy atom. The molecule has 0 saturated carbocycles. The summed E-state index contributed by atoms with van der Waals surface area (Å²) in [6, 6.07) is 6.97. The van der Waals surface area contributed by atoms with Crippen molar-refractivity contribution in [3.63, 3.8) is 0 Å². The van der Waals surface area contributed by atoms with Crippen LogP contribution in [-0.4, -0.2) is 81.2 Å². The fraction of sp³-hybridized carbons (Fsp3) is 0.478. The second kappa shape index (κ2) is 11.7. The van der Waals surface area contributed by atoms with Crippen LogP contribution in [0.2, 0.25) is 0 Å². The third kappa shape index (κ3) is 5.86. The maximum atomic E-state index is 15.6. The standard InChI is InChI=1S/C23H29ClFN6O7P/c1-13(22(33)35-4)30-39(34,38-15-8-6-5-7-9-15)36-11-23(10-24)18(32)16(25)21(37-23)31-12-27-17-19(26-3)28-14(2)29-20(17)31/h5-9,12-13,16,18,21,32H,10-11H2,1-4H3,(H,30,34)(H,26,28,29)/t13-,16+,18-,21+,23+,39?/m0/s1. The van der Waals surface area contributed by atoms with Gasteiger partial charge in [0, 0.05) is 7.05 Å². The fourth-order valence-electron chi connectivity index (χ4n) is 4.06. The third-order valence-electron chi connectivity index (χ3n) is 6.09. The van der Waals surface area contributed by atoms with E-state index in [-0.39, 0.29) is 11.4 Å². The molecule has 3 N–H and O–H groups in total. The van der Waals surface area contributed by atoms with Crippen LogP contribution in [0.4, 0.5) is 10.2 Å². The van der Waals surface area contributed by atoms with Crippen molar-refractivity contribution in [2.75, 3.05) is 32.0 Å². The molecule has 0 bridgehead atoms. The molecule has 3 heterocycles. The summed E-state index contributed by atoms with van der Waals surface area (Å²) in [6.45, 7) is 2.40. The lowest BCUT2D eigenvalue weighted by Crippen LogP contribution is -2.48. The first kappa shape index (κ1) is 29.1. The van der Waals surface area contributed by atoms with E-state index in [0.717, 1.165) is 0 Å². The number of fused-ring (bicyclic) bond motifs is 1. The highest BCUT2D eigenvalue weighted by atomic mass is 35.5. The molecule has 0 spiro atoms. The lowest BCUT2D eigenvalue weighted by atomic mass is 9.99. The Morgan fingerprint density at radius 3 is 2.72 bits per heavy atom. The zero-order valence-corrected chi connectivity index (χ0v) is 23.2.